The number of rotatable bonds is 8. The van der Waals surface area contributed by atoms with E-state index < -0.39 is 9.84 Å². The van der Waals surface area contributed by atoms with Gasteiger partial charge in [0.05, 0.1) is 17.8 Å². The van der Waals surface area contributed by atoms with Crippen LogP contribution in [0.5, 0.6) is 0 Å². The smallest absolute Gasteiger partial charge is 0.250 e. The van der Waals surface area contributed by atoms with E-state index in [4.69, 9.17) is 4.74 Å². The van der Waals surface area contributed by atoms with Crippen molar-refractivity contribution in [3.05, 3.63) is 52.6 Å². The van der Waals surface area contributed by atoms with Crippen molar-refractivity contribution in [3.8, 4) is 11.1 Å². The molecule has 1 aromatic carbocycles. The lowest BCUT2D eigenvalue weighted by atomic mass is 9.99. The van der Waals surface area contributed by atoms with Crippen LogP contribution in [0.25, 0.3) is 17.2 Å². The van der Waals surface area contributed by atoms with Gasteiger partial charge in [0, 0.05) is 48.9 Å². The molecule has 7 heteroatoms. The Bertz CT molecular complexity index is 1050. The van der Waals surface area contributed by atoms with E-state index in [1.165, 1.54) is 29.7 Å². The van der Waals surface area contributed by atoms with Crippen LogP contribution in [0, 0.1) is 5.92 Å². The van der Waals surface area contributed by atoms with Gasteiger partial charge in [0.2, 0.25) is 0 Å². The quantitative estimate of drug-likeness (QED) is 0.686. The topological polar surface area (TPSA) is 77.4 Å². The molecule has 1 fully saturated rings. The summed E-state index contributed by atoms with van der Waals surface area (Å²) in [6.07, 6.45) is 8.64. The number of aromatic nitrogens is 1. The molecule has 0 amide bonds. The normalized spacial score (nSPS) is 14.4. The van der Waals surface area contributed by atoms with Crippen molar-refractivity contribution in [2.24, 2.45) is 13.0 Å². The zero-order valence-corrected chi connectivity index (χ0v) is 17.3. The van der Waals surface area contributed by atoms with Crippen LogP contribution in [0.1, 0.15) is 25.3 Å². The average Bonchev–Trinajstić information content (AvgIpc) is 3.46. The second-order valence-electron chi connectivity index (χ2n) is 7.15. The van der Waals surface area contributed by atoms with E-state index in [1.54, 1.807) is 43.8 Å². The van der Waals surface area contributed by atoms with Gasteiger partial charge in [0.25, 0.3) is 5.56 Å². The van der Waals surface area contributed by atoms with E-state index in [1.807, 2.05) is 6.92 Å². The van der Waals surface area contributed by atoms with Crippen molar-refractivity contribution in [2.45, 2.75) is 24.7 Å². The van der Waals surface area contributed by atoms with Gasteiger partial charge in [0.15, 0.2) is 9.84 Å². The lowest BCUT2D eigenvalue weighted by molar-refractivity contribution is 0.272. The fraction of sp³-hybridized carbons (Fsp3) is 0.381. The fourth-order valence-electron chi connectivity index (χ4n) is 2.93. The zero-order valence-electron chi connectivity index (χ0n) is 16.4. The van der Waals surface area contributed by atoms with Gasteiger partial charge in [-0.2, -0.15) is 0 Å². The van der Waals surface area contributed by atoms with E-state index in [-0.39, 0.29) is 10.5 Å². The van der Waals surface area contributed by atoms with Crippen molar-refractivity contribution in [1.29, 1.82) is 0 Å². The Morgan fingerprint density at radius 3 is 2.64 bits per heavy atom. The van der Waals surface area contributed by atoms with Gasteiger partial charge in [-0.25, -0.2) is 8.42 Å². The van der Waals surface area contributed by atoms with E-state index in [0.29, 0.717) is 18.1 Å². The number of hydrogen-bond donors (Lipinski definition) is 1. The second kappa shape index (κ2) is 8.22. The number of hydrogen-bond acceptors (Lipinski definition) is 5. The van der Waals surface area contributed by atoms with Gasteiger partial charge in [0.1, 0.15) is 0 Å². The summed E-state index contributed by atoms with van der Waals surface area (Å²) in [5.74, 6) is 0.667. The third-order valence-corrected chi connectivity index (χ3v) is 5.87. The molecular weight excluding hydrogens is 376 g/mol. The largest absolute Gasteiger partial charge is 0.501 e. The number of aryl methyl sites for hydroxylation is 1. The van der Waals surface area contributed by atoms with Gasteiger partial charge in [-0.3, -0.25) is 4.79 Å². The third kappa shape index (κ3) is 4.84. The van der Waals surface area contributed by atoms with Crippen LogP contribution in [0.2, 0.25) is 0 Å². The van der Waals surface area contributed by atoms with Crippen LogP contribution in [-0.2, 0) is 21.6 Å². The molecule has 1 N–H and O–H groups in total. The maximum absolute atomic E-state index is 12.2. The second-order valence-corrected chi connectivity index (χ2v) is 9.17. The van der Waals surface area contributed by atoms with Crippen LogP contribution in [0.15, 0.2) is 46.4 Å². The van der Waals surface area contributed by atoms with Crippen LogP contribution in [0.4, 0.5) is 5.69 Å². The monoisotopic (exact) mass is 402 g/mol. The summed E-state index contributed by atoms with van der Waals surface area (Å²) in [5.41, 5.74) is 2.89. The predicted molar refractivity (Wildman–Crippen MR) is 112 cm³/mol. The highest BCUT2D eigenvalue weighted by molar-refractivity contribution is 7.90. The number of ether oxygens (including phenoxy) is 1. The summed E-state index contributed by atoms with van der Waals surface area (Å²) < 4.78 is 31.0. The average molecular weight is 403 g/mol. The molecule has 1 aromatic heterocycles. The molecule has 0 radical (unpaired) electrons. The standard InChI is InChI=1S/C21H26N2O4S/c1-4-27-10-9-16-11-21(24)23(2)14-19(16)18-12-17(28(3,25)26)7-8-20(18)22-13-15-5-6-15/h7-12,14-15,22H,4-6,13H2,1-3H3. The molecule has 3 rings (SSSR count). The highest BCUT2D eigenvalue weighted by Crippen LogP contribution is 2.35. The molecule has 0 atom stereocenters. The Labute approximate surface area is 165 Å². The number of benzene rings is 1. The third-order valence-electron chi connectivity index (χ3n) is 4.76. The summed E-state index contributed by atoms with van der Waals surface area (Å²) in [6, 6.07) is 6.62. The molecule has 2 aromatic rings. The minimum atomic E-state index is -3.36. The first-order valence-electron chi connectivity index (χ1n) is 9.36. The molecular formula is C21H26N2O4S. The Morgan fingerprint density at radius 2 is 2.00 bits per heavy atom. The Hall–Kier alpha value is -2.54. The maximum Gasteiger partial charge on any atom is 0.250 e. The summed E-state index contributed by atoms with van der Waals surface area (Å²) in [6.45, 7) is 3.25. The molecule has 28 heavy (non-hydrogen) atoms. The first-order chi connectivity index (χ1) is 13.3. The van der Waals surface area contributed by atoms with Gasteiger partial charge in [-0.1, -0.05) is 0 Å². The molecule has 0 saturated heterocycles. The fourth-order valence-corrected chi connectivity index (χ4v) is 3.58. The molecule has 150 valence electrons. The molecule has 1 heterocycles. The minimum Gasteiger partial charge on any atom is -0.501 e. The lowest BCUT2D eigenvalue weighted by Gasteiger charge is -2.16. The van der Waals surface area contributed by atoms with Crippen molar-refractivity contribution in [2.75, 3.05) is 24.7 Å². The molecule has 0 spiro atoms. The van der Waals surface area contributed by atoms with E-state index in [0.717, 1.165) is 23.4 Å². The lowest BCUT2D eigenvalue weighted by Crippen LogP contribution is -2.16. The molecule has 1 aliphatic carbocycles. The SMILES string of the molecule is CCOC=Cc1cc(=O)n(C)cc1-c1cc(S(C)(=O)=O)ccc1NCC1CC1. The molecule has 0 bridgehead atoms. The van der Waals surface area contributed by atoms with Crippen molar-refractivity contribution < 1.29 is 13.2 Å². The van der Waals surface area contributed by atoms with Crippen LogP contribution >= 0.6 is 0 Å². The predicted octanol–water partition coefficient (Wildman–Crippen LogP) is 3.28. The highest BCUT2D eigenvalue weighted by Gasteiger charge is 2.22. The summed E-state index contributed by atoms with van der Waals surface area (Å²) in [5, 5.41) is 3.44. The summed E-state index contributed by atoms with van der Waals surface area (Å²) in [7, 11) is -1.68. The van der Waals surface area contributed by atoms with Crippen molar-refractivity contribution >= 4 is 21.6 Å². The highest BCUT2D eigenvalue weighted by atomic mass is 32.2. The minimum absolute atomic E-state index is 0.147. The van der Waals surface area contributed by atoms with Gasteiger partial charge < -0.3 is 14.6 Å². The number of nitrogens with one attached hydrogen (secondary N) is 1. The van der Waals surface area contributed by atoms with Crippen LogP contribution in [0.3, 0.4) is 0 Å². The van der Waals surface area contributed by atoms with Gasteiger partial charge in [-0.05, 0) is 55.5 Å². The van der Waals surface area contributed by atoms with E-state index >= 15 is 0 Å². The summed E-state index contributed by atoms with van der Waals surface area (Å²) >= 11 is 0. The number of anilines is 1. The number of nitrogens with zero attached hydrogens (tertiary/aromatic N) is 1. The molecule has 1 saturated carbocycles. The molecule has 1 aliphatic rings. The van der Waals surface area contributed by atoms with Gasteiger partial charge >= 0.3 is 0 Å². The Balaban J connectivity index is 2.16. The first-order valence-corrected chi connectivity index (χ1v) is 11.3. The summed E-state index contributed by atoms with van der Waals surface area (Å²) in [4.78, 5) is 12.4. The molecule has 0 aliphatic heterocycles. The zero-order chi connectivity index (χ0) is 20.3. The van der Waals surface area contributed by atoms with Crippen molar-refractivity contribution in [1.82, 2.24) is 4.57 Å². The first kappa shape index (κ1) is 20.2. The van der Waals surface area contributed by atoms with E-state index in [2.05, 4.69) is 5.32 Å². The Kier molecular flexibility index (Phi) is 5.93. The molecule has 0 unspecified atom stereocenters. The van der Waals surface area contributed by atoms with Crippen LogP contribution in [-0.4, -0.2) is 32.4 Å². The Morgan fingerprint density at radius 1 is 1.25 bits per heavy atom. The molecule has 6 nitrogen and oxygen atoms in total. The van der Waals surface area contributed by atoms with E-state index in [9.17, 15) is 13.2 Å². The maximum atomic E-state index is 12.2. The number of pyridine rings is 1. The van der Waals surface area contributed by atoms with Gasteiger partial charge in [-0.15, -0.1) is 0 Å². The van der Waals surface area contributed by atoms with Crippen LogP contribution < -0.4 is 10.9 Å². The number of sulfone groups is 1. The van der Waals surface area contributed by atoms with Crippen molar-refractivity contribution in [3.63, 3.8) is 0 Å².